The van der Waals surface area contributed by atoms with E-state index in [9.17, 15) is 0 Å². The van der Waals surface area contributed by atoms with Crippen LogP contribution in [0.5, 0.6) is 11.5 Å². The predicted octanol–water partition coefficient (Wildman–Crippen LogP) is 4.87. The molecule has 4 heterocycles. The van der Waals surface area contributed by atoms with Crippen molar-refractivity contribution >= 4 is 16.7 Å². The van der Waals surface area contributed by atoms with Crippen LogP contribution in [0.15, 0.2) is 73.3 Å². The van der Waals surface area contributed by atoms with Crippen LogP contribution in [0.25, 0.3) is 22.0 Å². The van der Waals surface area contributed by atoms with E-state index in [1.165, 1.54) is 5.56 Å². The Morgan fingerprint density at radius 1 is 1.05 bits per heavy atom. The van der Waals surface area contributed by atoms with Gasteiger partial charge in [-0.25, -0.2) is 9.97 Å². The first kappa shape index (κ1) is 23.0. The fourth-order valence-electron chi connectivity index (χ4n) is 4.82. The quantitative estimate of drug-likeness (QED) is 0.319. The molecule has 1 aliphatic rings. The predicted molar refractivity (Wildman–Crippen MR) is 143 cm³/mol. The van der Waals surface area contributed by atoms with Crippen molar-refractivity contribution in [2.75, 3.05) is 25.6 Å². The second kappa shape index (κ2) is 10.3. The van der Waals surface area contributed by atoms with Crippen LogP contribution in [0.4, 0.5) is 5.82 Å². The summed E-state index contributed by atoms with van der Waals surface area (Å²) in [6.45, 7) is 1.40. The van der Waals surface area contributed by atoms with Gasteiger partial charge in [-0.2, -0.15) is 5.10 Å². The standard InChI is InChI=1S/C29H28N6O2/c1-36-24-3-5-27-22(14-24)12-20(18-37-27)13-28-34-26-15-21(23-16-32-33-17-23)2-4-25(26)29(35-28)31-11-8-19-6-9-30-10-7-19/h2-7,9-10,14-17,20H,8,11-13,18H2,1H3,(H,32,33)(H,31,34,35). The van der Waals surface area contributed by atoms with Crippen LogP contribution in [0, 0.1) is 5.92 Å². The Morgan fingerprint density at radius 3 is 2.81 bits per heavy atom. The van der Waals surface area contributed by atoms with E-state index in [4.69, 9.17) is 19.4 Å². The molecule has 0 amide bonds. The lowest BCUT2D eigenvalue weighted by Gasteiger charge is -2.25. The number of ether oxygens (including phenoxy) is 2. The number of methoxy groups -OCH3 is 1. The van der Waals surface area contributed by atoms with E-state index in [2.05, 4.69) is 44.8 Å². The van der Waals surface area contributed by atoms with Gasteiger partial charge in [-0.15, -0.1) is 0 Å². The average Bonchev–Trinajstić information content (AvgIpc) is 3.48. The molecule has 5 aromatic rings. The van der Waals surface area contributed by atoms with E-state index in [0.717, 1.165) is 76.5 Å². The molecule has 0 bridgehead atoms. The molecule has 3 aromatic heterocycles. The Hall–Kier alpha value is -4.46. The van der Waals surface area contributed by atoms with Crippen LogP contribution >= 0.6 is 0 Å². The van der Waals surface area contributed by atoms with Gasteiger partial charge >= 0.3 is 0 Å². The van der Waals surface area contributed by atoms with Gasteiger partial charge in [0.05, 0.1) is 25.4 Å². The third kappa shape index (κ3) is 5.09. The summed E-state index contributed by atoms with van der Waals surface area (Å²) in [6.07, 6.45) is 9.86. The summed E-state index contributed by atoms with van der Waals surface area (Å²) in [6, 6.07) is 16.3. The molecule has 6 rings (SSSR count). The number of nitrogens with zero attached hydrogens (tertiary/aromatic N) is 4. The number of hydrogen-bond donors (Lipinski definition) is 2. The highest BCUT2D eigenvalue weighted by atomic mass is 16.5. The highest BCUT2D eigenvalue weighted by Crippen LogP contribution is 2.32. The maximum absolute atomic E-state index is 6.07. The van der Waals surface area contributed by atoms with Crippen molar-refractivity contribution < 1.29 is 9.47 Å². The van der Waals surface area contributed by atoms with Gasteiger partial charge in [0.25, 0.3) is 0 Å². The Morgan fingerprint density at radius 2 is 1.97 bits per heavy atom. The third-order valence-electron chi connectivity index (χ3n) is 6.75. The van der Waals surface area contributed by atoms with Gasteiger partial charge in [0.1, 0.15) is 23.1 Å². The molecule has 0 saturated carbocycles. The molecule has 1 unspecified atom stereocenters. The lowest BCUT2D eigenvalue weighted by atomic mass is 9.93. The van der Waals surface area contributed by atoms with Crippen molar-refractivity contribution in [2.45, 2.75) is 19.3 Å². The number of aromatic amines is 1. The largest absolute Gasteiger partial charge is 0.497 e. The topological polar surface area (TPSA) is 97.8 Å². The van der Waals surface area contributed by atoms with Crippen molar-refractivity contribution in [3.05, 3.63) is 90.3 Å². The van der Waals surface area contributed by atoms with Gasteiger partial charge in [0.2, 0.25) is 0 Å². The first-order valence-corrected chi connectivity index (χ1v) is 12.5. The minimum absolute atomic E-state index is 0.277. The van der Waals surface area contributed by atoms with Crippen molar-refractivity contribution in [3.63, 3.8) is 0 Å². The first-order chi connectivity index (χ1) is 18.2. The minimum atomic E-state index is 0.277. The molecule has 0 radical (unpaired) electrons. The molecule has 2 aromatic carbocycles. The highest BCUT2D eigenvalue weighted by Gasteiger charge is 2.22. The zero-order valence-corrected chi connectivity index (χ0v) is 20.6. The van der Waals surface area contributed by atoms with Gasteiger partial charge in [-0.3, -0.25) is 10.1 Å². The summed E-state index contributed by atoms with van der Waals surface area (Å²) in [5, 5.41) is 11.5. The smallest absolute Gasteiger partial charge is 0.137 e. The highest BCUT2D eigenvalue weighted by molar-refractivity contribution is 5.92. The van der Waals surface area contributed by atoms with Crippen LogP contribution in [0.3, 0.4) is 0 Å². The number of rotatable bonds is 8. The summed E-state index contributed by atoms with van der Waals surface area (Å²) >= 11 is 0. The summed E-state index contributed by atoms with van der Waals surface area (Å²) in [5.41, 5.74) is 5.40. The molecular weight excluding hydrogens is 464 g/mol. The molecule has 186 valence electrons. The van der Waals surface area contributed by atoms with E-state index in [1.807, 2.05) is 49.1 Å². The molecule has 8 heteroatoms. The number of hydrogen-bond acceptors (Lipinski definition) is 7. The molecule has 1 atom stereocenters. The zero-order chi connectivity index (χ0) is 25.0. The van der Waals surface area contributed by atoms with Crippen LogP contribution in [-0.2, 0) is 19.3 Å². The second-order valence-electron chi connectivity index (χ2n) is 9.30. The van der Waals surface area contributed by atoms with Crippen molar-refractivity contribution in [3.8, 4) is 22.6 Å². The van der Waals surface area contributed by atoms with E-state index in [1.54, 1.807) is 7.11 Å². The monoisotopic (exact) mass is 492 g/mol. The molecule has 0 saturated heterocycles. The number of nitrogens with one attached hydrogen (secondary N) is 2. The number of aromatic nitrogens is 5. The number of H-pyrrole nitrogens is 1. The number of anilines is 1. The maximum atomic E-state index is 6.07. The summed E-state index contributed by atoms with van der Waals surface area (Å²) in [7, 11) is 1.69. The Balaban J connectivity index is 1.28. The molecular formula is C29H28N6O2. The maximum Gasteiger partial charge on any atom is 0.137 e. The Labute approximate surface area is 215 Å². The lowest BCUT2D eigenvalue weighted by molar-refractivity contribution is 0.219. The molecule has 2 N–H and O–H groups in total. The van der Waals surface area contributed by atoms with Gasteiger partial charge in [-0.1, -0.05) is 6.07 Å². The minimum Gasteiger partial charge on any atom is -0.497 e. The molecule has 0 aliphatic carbocycles. The van der Waals surface area contributed by atoms with E-state index in [-0.39, 0.29) is 5.92 Å². The van der Waals surface area contributed by atoms with Gasteiger partial charge in [-0.05, 0) is 72.0 Å². The normalized spacial score (nSPS) is 14.7. The zero-order valence-electron chi connectivity index (χ0n) is 20.6. The average molecular weight is 493 g/mol. The fourth-order valence-corrected chi connectivity index (χ4v) is 4.82. The van der Waals surface area contributed by atoms with Crippen LogP contribution in [0.1, 0.15) is 17.0 Å². The second-order valence-corrected chi connectivity index (χ2v) is 9.30. The Kier molecular flexibility index (Phi) is 6.37. The van der Waals surface area contributed by atoms with Crippen LogP contribution in [-0.4, -0.2) is 45.4 Å². The number of benzene rings is 2. The molecule has 8 nitrogen and oxygen atoms in total. The summed E-state index contributed by atoms with van der Waals surface area (Å²) < 4.78 is 11.5. The van der Waals surface area contributed by atoms with Crippen LogP contribution < -0.4 is 14.8 Å². The lowest BCUT2D eigenvalue weighted by Crippen LogP contribution is -2.24. The molecule has 1 aliphatic heterocycles. The van der Waals surface area contributed by atoms with Crippen molar-refractivity contribution in [1.29, 1.82) is 0 Å². The third-order valence-corrected chi connectivity index (χ3v) is 6.75. The molecule has 0 spiro atoms. The van der Waals surface area contributed by atoms with E-state index < -0.39 is 0 Å². The van der Waals surface area contributed by atoms with Crippen molar-refractivity contribution in [1.82, 2.24) is 25.1 Å². The first-order valence-electron chi connectivity index (χ1n) is 12.5. The van der Waals surface area contributed by atoms with Gasteiger partial charge in [0, 0.05) is 48.4 Å². The fraction of sp³-hybridized carbons (Fsp3) is 0.241. The Bertz CT molecular complexity index is 1500. The molecule has 37 heavy (non-hydrogen) atoms. The summed E-state index contributed by atoms with van der Waals surface area (Å²) in [4.78, 5) is 14.1. The van der Waals surface area contributed by atoms with E-state index in [0.29, 0.717) is 6.61 Å². The number of pyridine rings is 1. The van der Waals surface area contributed by atoms with Gasteiger partial charge in [0.15, 0.2) is 0 Å². The SMILES string of the molecule is COc1ccc2c(c1)CC(Cc1nc(NCCc3ccncc3)c3ccc(-c4cn[nH]c4)cc3n1)CO2. The molecule has 0 fully saturated rings. The van der Waals surface area contributed by atoms with Gasteiger partial charge < -0.3 is 14.8 Å². The van der Waals surface area contributed by atoms with E-state index >= 15 is 0 Å². The van der Waals surface area contributed by atoms with Crippen molar-refractivity contribution in [2.24, 2.45) is 5.92 Å². The summed E-state index contributed by atoms with van der Waals surface area (Å²) in [5.74, 6) is 3.71. The number of fused-ring (bicyclic) bond motifs is 2. The van der Waals surface area contributed by atoms with Crippen LogP contribution in [0.2, 0.25) is 0 Å².